The summed E-state index contributed by atoms with van der Waals surface area (Å²) in [6, 6.07) is 0. The van der Waals surface area contributed by atoms with Crippen molar-refractivity contribution in [2.24, 2.45) is 0 Å². The molecule has 334 valence electrons. The summed E-state index contributed by atoms with van der Waals surface area (Å²) in [5.74, 6) is -0.283. The van der Waals surface area contributed by atoms with Crippen molar-refractivity contribution < 1.29 is 37.3 Å². The number of hydrogen-bond donors (Lipinski definition) is 1. The maximum absolute atomic E-state index is 12.5. The second-order valence-electron chi connectivity index (χ2n) is 16.8. The second kappa shape index (κ2) is 41.1. The molecule has 0 saturated carbocycles. The van der Waals surface area contributed by atoms with E-state index in [-0.39, 0.29) is 25.8 Å². The fraction of sp³-hybridized carbons (Fsp3) is 0.812. The van der Waals surface area contributed by atoms with Gasteiger partial charge in [-0.05, 0) is 83.1 Å². The average Bonchev–Trinajstić information content (AvgIpc) is 3.17. The van der Waals surface area contributed by atoms with Gasteiger partial charge in [0.15, 0.2) is 6.10 Å². The number of hydrogen-bond acceptors (Lipinski definition) is 6. The molecule has 0 amide bonds. The fourth-order valence-corrected chi connectivity index (χ4v) is 6.95. The molecule has 0 aromatic carbocycles. The van der Waals surface area contributed by atoms with Gasteiger partial charge in [0, 0.05) is 6.42 Å². The van der Waals surface area contributed by atoms with E-state index >= 15 is 0 Å². The normalized spacial score (nSPS) is 14.1. The number of quaternary nitrogens is 1. The minimum atomic E-state index is -4.27. The predicted molar refractivity (Wildman–Crippen MR) is 242 cm³/mol. The number of carbonyl (C=O) groups is 1. The van der Waals surface area contributed by atoms with Crippen LogP contribution in [0, 0.1) is 0 Å². The van der Waals surface area contributed by atoms with Gasteiger partial charge in [0.1, 0.15) is 19.8 Å². The molecule has 0 radical (unpaired) electrons. The lowest BCUT2D eigenvalue weighted by Crippen LogP contribution is -2.37. The number of likely N-dealkylation sites (N-methyl/N-ethyl adjacent to an activating group) is 1. The third kappa shape index (κ3) is 45.2. The van der Waals surface area contributed by atoms with Gasteiger partial charge in [0.05, 0.1) is 34.0 Å². The molecule has 8 nitrogen and oxygen atoms in total. The summed E-state index contributed by atoms with van der Waals surface area (Å²) in [6.45, 7) is 4.87. The van der Waals surface area contributed by atoms with Crippen molar-refractivity contribution in [1.29, 1.82) is 0 Å². The SMILES string of the molecule is CCCCC/C=C\C/C=C\CCCCCCCCCCCC(=O)OCC(COP(=O)(O)OCC[N+](C)(C)C)O/C=C\CCCCCCCC/C=C\CCCCCC. The minimum Gasteiger partial charge on any atom is -0.492 e. The highest BCUT2D eigenvalue weighted by molar-refractivity contribution is 7.47. The summed E-state index contributed by atoms with van der Waals surface area (Å²) in [6.07, 6.45) is 51.0. The van der Waals surface area contributed by atoms with Crippen molar-refractivity contribution in [3.8, 4) is 0 Å². The molecule has 0 heterocycles. The number of rotatable bonds is 43. The molecule has 1 N–H and O–H groups in total. The predicted octanol–water partition coefficient (Wildman–Crippen LogP) is 14.3. The van der Waals surface area contributed by atoms with Gasteiger partial charge < -0.3 is 18.9 Å². The lowest BCUT2D eigenvalue weighted by molar-refractivity contribution is -0.870. The highest BCUT2D eigenvalue weighted by Gasteiger charge is 2.25. The summed E-state index contributed by atoms with van der Waals surface area (Å²) < 4.78 is 34.8. The van der Waals surface area contributed by atoms with E-state index in [0.717, 1.165) is 38.5 Å². The van der Waals surface area contributed by atoms with E-state index in [1.54, 1.807) is 6.26 Å². The number of allylic oxidation sites excluding steroid dienone is 7. The summed E-state index contributed by atoms with van der Waals surface area (Å²) in [5, 5.41) is 0. The molecule has 0 aliphatic heterocycles. The highest BCUT2D eigenvalue weighted by atomic mass is 31.2. The summed E-state index contributed by atoms with van der Waals surface area (Å²) >= 11 is 0. The van der Waals surface area contributed by atoms with Crippen molar-refractivity contribution >= 4 is 13.8 Å². The van der Waals surface area contributed by atoms with E-state index in [1.807, 2.05) is 27.2 Å². The van der Waals surface area contributed by atoms with Crippen LogP contribution < -0.4 is 0 Å². The van der Waals surface area contributed by atoms with Crippen LogP contribution in [0.1, 0.15) is 200 Å². The monoisotopic (exact) mass is 825 g/mol. The first kappa shape index (κ1) is 55.3. The van der Waals surface area contributed by atoms with E-state index in [4.69, 9.17) is 18.5 Å². The number of phosphoric acid groups is 1. The smallest absolute Gasteiger partial charge is 0.472 e. The van der Waals surface area contributed by atoms with Crippen LogP contribution in [0.4, 0.5) is 0 Å². The number of nitrogens with zero attached hydrogens (tertiary/aromatic N) is 1. The van der Waals surface area contributed by atoms with Crippen molar-refractivity contribution in [3.05, 3.63) is 48.8 Å². The molecule has 0 aliphatic carbocycles. The Balaban J connectivity index is 4.24. The van der Waals surface area contributed by atoms with Gasteiger partial charge in [-0.2, -0.15) is 0 Å². The molecule has 0 aromatic heterocycles. The van der Waals surface area contributed by atoms with E-state index in [2.05, 4.69) is 50.3 Å². The van der Waals surface area contributed by atoms with Crippen LogP contribution >= 0.6 is 7.82 Å². The standard InChI is InChI=1S/C48H90NO7P/c1-6-8-10-12-14-16-18-20-22-24-25-26-27-29-31-33-35-37-39-41-48(50)54-45-47(46-56-57(51,52)55-44-42-49(3,4)5)53-43-40-38-36-34-32-30-28-23-21-19-17-15-13-11-9-7-2/h14,16-17,19-20,22,40,43,47H,6-13,15,18,21,23-39,41-42,44-46H2,1-5H3/p+1/b16-14-,19-17-,22-20-,43-40-. The van der Waals surface area contributed by atoms with Crippen LogP contribution in [-0.4, -0.2) is 69.0 Å². The highest BCUT2D eigenvalue weighted by Crippen LogP contribution is 2.43. The Morgan fingerprint density at radius 2 is 0.982 bits per heavy atom. The molecule has 57 heavy (non-hydrogen) atoms. The molecule has 0 spiro atoms. The lowest BCUT2D eigenvalue weighted by atomic mass is 10.1. The molecule has 0 bridgehead atoms. The Morgan fingerprint density at radius 3 is 1.49 bits per heavy atom. The van der Waals surface area contributed by atoms with E-state index in [0.29, 0.717) is 17.4 Å². The number of phosphoric ester groups is 1. The van der Waals surface area contributed by atoms with Crippen molar-refractivity contribution in [1.82, 2.24) is 0 Å². The third-order valence-corrected chi connectivity index (χ3v) is 10.9. The fourth-order valence-electron chi connectivity index (χ4n) is 6.21. The molecule has 2 atom stereocenters. The Hall–Kier alpha value is -1.70. The number of unbranched alkanes of at least 4 members (excludes halogenated alkanes) is 23. The Kier molecular flexibility index (Phi) is 39.8. The molecule has 0 fully saturated rings. The maximum Gasteiger partial charge on any atom is 0.472 e. The van der Waals surface area contributed by atoms with Crippen molar-refractivity contribution in [3.63, 3.8) is 0 Å². The molecule has 0 rings (SSSR count). The second-order valence-corrected chi connectivity index (χ2v) is 18.3. The van der Waals surface area contributed by atoms with E-state index in [1.165, 1.54) is 141 Å². The molecular formula is C48H91NO7P+. The summed E-state index contributed by atoms with van der Waals surface area (Å²) in [7, 11) is 1.66. The summed E-state index contributed by atoms with van der Waals surface area (Å²) in [5.41, 5.74) is 0. The molecule has 0 aliphatic rings. The number of carbonyl (C=O) groups excluding carboxylic acids is 1. The van der Waals surface area contributed by atoms with Crippen LogP contribution in [0.3, 0.4) is 0 Å². The van der Waals surface area contributed by atoms with Gasteiger partial charge in [0.25, 0.3) is 0 Å². The van der Waals surface area contributed by atoms with Gasteiger partial charge in [-0.1, -0.05) is 153 Å². The van der Waals surface area contributed by atoms with Gasteiger partial charge in [-0.15, -0.1) is 0 Å². The topological polar surface area (TPSA) is 91.3 Å². The Morgan fingerprint density at radius 1 is 0.561 bits per heavy atom. The third-order valence-electron chi connectivity index (χ3n) is 9.95. The minimum absolute atomic E-state index is 0.0535. The van der Waals surface area contributed by atoms with Gasteiger partial charge in [0.2, 0.25) is 0 Å². The number of ether oxygens (including phenoxy) is 2. The maximum atomic E-state index is 12.5. The van der Waals surface area contributed by atoms with Crippen molar-refractivity contribution in [2.75, 3.05) is 47.5 Å². The zero-order chi connectivity index (χ0) is 42.0. The van der Waals surface area contributed by atoms with Crippen LogP contribution in [0.5, 0.6) is 0 Å². The van der Waals surface area contributed by atoms with Crippen molar-refractivity contribution in [2.45, 2.75) is 206 Å². The zero-order valence-electron chi connectivity index (χ0n) is 37.8. The van der Waals surface area contributed by atoms with E-state index < -0.39 is 13.9 Å². The average molecular weight is 825 g/mol. The molecule has 0 saturated heterocycles. The van der Waals surface area contributed by atoms with Crippen LogP contribution in [-0.2, 0) is 27.9 Å². The van der Waals surface area contributed by atoms with Crippen LogP contribution in [0.25, 0.3) is 0 Å². The van der Waals surface area contributed by atoms with Crippen LogP contribution in [0.15, 0.2) is 48.8 Å². The molecular weight excluding hydrogens is 734 g/mol. The first-order chi connectivity index (χ1) is 27.6. The summed E-state index contributed by atoms with van der Waals surface area (Å²) in [4.78, 5) is 22.7. The van der Waals surface area contributed by atoms with Gasteiger partial charge in [-0.3, -0.25) is 13.8 Å². The number of esters is 1. The quantitative estimate of drug-likeness (QED) is 0.0163. The first-order valence-electron chi connectivity index (χ1n) is 23.4. The first-order valence-corrected chi connectivity index (χ1v) is 24.9. The zero-order valence-corrected chi connectivity index (χ0v) is 38.7. The van der Waals surface area contributed by atoms with Gasteiger partial charge >= 0.3 is 13.8 Å². The Bertz CT molecular complexity index is 1050. The molecule has 0 aromatic rings. The van der Waals surface area contributed by atoms with E-state index in [9.17, 15) is 14.3 Å². The van der Waals surface area contributed by atoms with Crippen LogP contribution in [0.2, 0.25) is 0 Å². The Labute approximate surface area is 352 Å². The largest absolute Gasteiger partial charge is 0.492 e. The van der Waals surface area contributed by atoms with Gasteiger partial charge in [-0.25, -0.2) is 4.57 Å². The molecule has 2 unspecified atom stereocenters. The molecule has 9 heteroatoms. The lowest BCUT2D eigenvalue weighted by Gasteiger charge is -2.24.